The Morgan fingerprint density at radius 2 is 1.94 bits per heavy atom. The molecule has 0 bridgehead atoms. The molecule has 1 rings (SSSR count). The monoisotopic (exact) mass is 257 g/mol. The van der Waals surface area contributed by atoms with Gasteiger partial charge in [-0.2, -0.15) is 0 Å². The van der Waals surface area contributed by atoms with Crippen LogP contribution in [-0.4, -0.2) is 44.1 Å². The van der Waals surface area contributed by atoms with E-state index < -0.39 is 10.0 Å². The Bertz CT molecular complexity index is 431. The van der Waals surface area contributed by atoms with Crippen LogP contribution in [0.25, 0.3) is 0 Å². The second kappa shape index (κ2) is 6.09. The standard InChI is InChI=1S/C11H19N3O2S/c1-10(11-4-6-12-7-5-11)13-8-9-17(15,16)14(2)3/h4-7,10,13H,8-9H2,1-3H3. The van der Waals surface area contributed by atoms with Gasteiger partial charge in [0, 0.05) is 39.1 Å². The summed E-state index contributed by atoms with van der Waals surface area (Å²) in [5, 5.41) is 3.18. The van der Waals surface area contributed by atoms with E-state index in [1.165, 1.54) is 4.31 Å². The zero-order valence-corrected chi connectivity index (χ0v) is 11.2. The lowest BCUT2D eigenvalue weighted by Gasteiger charge is -2.15. The van der Waals surface area contributed by atoms with Crippen molar-refractivity contribution in [3.8, 4) is 0 Å². The van der Waals surface area contributed by atoms with Crippen LogP contribution in [-0.2, 0) is 10.0 Å². The molecule has 0 radical (unpaired) electrons. The summed E-state index contributed by atoms with van der Waals surface area (Å²) in [5.41, 5.74) is 1.10. The molecule has 0 aromatic carbocycles. The van der Waals surface area contributed by atoms with E-state index in [1.807, 2.05) is 19.1 Å². The lowest BCUT2D eigenvalue weighted by atomic mass is 10.1. The zero-order valence-electron chi connectivity index (χ0n) is 10.4. The second-order valence-electron chi connectivity index (χ2n) is 4.05. The molecule has 1 heterocycles. The third kappa shape index (κ3) is 4.41. The molecular formula is C11H19N3O2S. The number of nitrogens with one attached hydrogen (secondary N) is 1. The molecule has 0 saturated heterocycles. The number of hydrogen-bond acceptors (Lipinski definition) is 4. The lowest BCUT2D eigenvalue weighted by molar-refractivity contribution is 0.512. The van der Waals surface area contributed by atoms with Gasteiger partial charge in [-0.3, -0.25) is 4.98 Å². The third-order valence-electron chi connectivity index (χ3n) is 2.57. The zero-order chi connectivity index (χ0) is 12.9. The number of rotatable bonds is 6. The molecule has 0 aliphatic heterocycles. The van der Waals surface area contributed by atoms with Crippen LogP contribution >= 0.6 is 0 Å². The normalized spacial score (nSPS) is 13.9. The number of aromatic nitrogens is 1. The van der Waals surface area contributed by atoms with E-state index in [1.54, 1.807) is 26.5 Å². The molecule has 0 amide bonds. The van der Waals surface area contributed by atoms with Crippen molar-refractivity contribution in [3.63, 3.8) is 0 Å². The average molecular weight is 257 g/mol. The van der Waals surface area contributed by atoms with Crippen LogP contribution in [0.5, 0.6) is 0 Å². The minimum Gasteiger partial charge on any atom is -0.309 e. The Morgan fingerprint density at radius 1 is 1.35 bits per heavy atom. The third-order valence-corrected chi connectivity index (χ3v) is 4.41. The van der Waals surface area contributed by atoms with E-state index in [-0.39, 0.29) is 11.8 Å². The van der Waals surface area contributed by atoms with Crippen molar-refractivity contribution in [2.24, 2.45) is 0 Å². The van der Waals surface area contributed by atoms with Crippen molar-refractivity contribution >= 4 is 10.0 Å². The lowest BCUT2D eigenvalue weighted by Crippen LogP contribution is -2.32. The van der Waals surface area contributed by atoms with Gasteiger partial charge < -0.3 is 5.32 Å². The fraction of sp³-hybridized carbons (Fsp3) is 0.545. The maximum absolute atomic E-state index is 11.5. The highest BCUT2D eigenvalue weighted by Crippen LogP contribution is 2.09. The van der Waals surface area contributed by atoms with Gasteiger partial charge in [0.05, 0.1) is 5.75 Å². The minimum atomic E-state index is -3.12. The maximum atomic E-state index is 11.5. The summed E-state index contributed by atoms with van der Waals surface area (Å²) < 4.78 is 24.3. The fourth-order valence-electron chi connectivity index (χ4n) is 1.36. The molecule has 96 valence electrons. The first-order valence-electron chi connectivity index (χ1n) is 5.47. The van der Waals surface area contributed by atoms with Gasteiger partial charge >= 0.3 is 0 Å². The molecule has 0 spiro atoms. The SMILES string of the molecule is CC(NCCS(=O)(=O)N(C)C)c1ccncc1. The number of pyridine rings is 1. The summed E-state index contributed by atoms with van der Waals surface area (Å²) >= 11 is 0. The largest absolute Gasteiger partial charge is 0.309 e. The van der Waals surface area contributed by atoms with Gasteiger partial charge in [0.25, 0.3) is 0 Å². The molecule has 0 fully saturated rings. The Labute approximate surface area is 103 Å². The molecule has 0 saturated carbocycles. The molecule has 1 aromatic heterocycles. The van der Waals surface area contributed by atoms with E-state index in [2.05, 4.69) is 10.3 Å². The summed E-state index contributed by atoms with van der Waals surface area (Å²) in [7, 11) is -0.0310. The maximum Gasteiger partial charge on any atom is 0.214 e. The van der Waals surface area contributed by atoms with E-state index >= 15 is 0 Å². The Kier molecular flexibility index (Phi) is 5.04. The van der Waals surface area contributed by atoms with Crippen LogP contribution in [0.4, 0.5) is 0 Å². The molecule has 17 heavy (non-hydrogen) atoms. The highest BCUT2D eigenvalue weighted by atomic mass is 32.2. The Morgan fingerprint density at radius 3 is 2.47 bits per heavy atom. The molecule has 0 aliphatic carbocycles. The molecule has 1 unspecified atom stereocenters. The first-order chi connectivity index (χ1) is 7.93. The van der Waals surface area contributed by atoms with Crippen LogP contribution in [0.1, 0.15) is 18.5 Å². The molecule has 1 aromatic rings. The summed E-state index contributed by atoms with van der Waals surface area (Å²) in [6.45, 7) is 2.43. The Balaban J connectivity index is 2.43. The molecule has 1 atom stereocenters. The average Bonchev–Trinajstić information content (AvgIpc) is 2.29. The summed E-state index contributed by atoms with van der Waals surface area (Å²) in [6, 6.07) is 3.95. The highest BCUT2D eigenvalue weighted by Gasteiger charge is 2.13. The summed E-state index contributed by atoms with van der Waals surface area (Å²) in [5.74, 6) is 0.107. The second-order valence-corrected chi connectivity index (χ2v) is 6.36. The summed E-state index contributed by atoms with van der Waals surface area (Å²) in [4.78, 5) is 3.94. The van der Waals surface area contributed by atoms with Crippen molar-refractivity contribution in [2.75, 3.05) is 26.4 Å². The fourth-order valence-corrected chi connectivity index (χ4v) is 2.10. The quantitative estimate of drug-likeness (QED) is 0.811. The number of nitrogens with zero attached hydrogens (tertiary/aromatic N) is 2. The van der Waals surface area contributed by atoms with Gasteiger partial charge in [-0.25, -0.2) is 12.7 Å². The van der Waals surface area contributed by atoms with Gasteiger partial charge in [0.15, 0.2) is 0 Å². The van der Waals surface area contributed by atoms with Gasteiger partial charge in [0.2, 0.25) is 10.0 Å². The van der Waals surface area contributed by atoms with Gasteiger partial charge in [0.1, 0.15) is 0 Å². The van der Waals surface area contributed by atoms with Crippen molar-refractivity contribution in [3.05, 3.63) is 30.1 Å². The van der Waals surface area contributed by atoms with Crippen molar-refractivity contribution in [1.29, 1.82) is 0 Å². The van der Waals surface area contributed by atoms with Gasteiger partial charge in [-0.05, 0) is 24.6 Å². The minimum absolute atomic E-state index is 0.107. The topological polar surface area (TPSA) is 62.3 Å². The highest BCUT2D eigenvalue weighted by molar-refractivity contribution is 7.89. The van der Waals surface area contributed by atoms with Crippen molar-refractivity contribution < 1.29 is 8.42 Å². The van der Waals surface area contributed by atoms with E-state index in [0.29, 0.717) is 6.54 Å². The number of sulfonamides is 1. The van der Waals surface area contributed by atoms with Crippen LogP contribution in [0.3, 0.4) is 0 Å². The van der Waals surface area contributed by atoms with E-state index in [9.17, 15) is 8.42 Å². The van der Waals surface area contributed by atoms with Crippen LogP contribution in [0, 0.1) is 0 Å². The van der Waals surface area contributed by atoms with Crippen LogP contribution in [0.15, 0.2) is 24.5 Å². The first kappa shape index (κ1) is 14.1. The van der Waals surface area contributed by atoms with Crippen LogP contribution in [0.2, 0.25) is 0 Å². The summed E-state index contributed by atoms with van der Waals surface area (Å²) in [6.07, 6.45) is 3.45. The molecule has 5 nitrogen and oxygen atoms in total. The number of hydrogen-bond donors (Lipinski definition) is 1. The first-order valence-corrected chi connectivity index (χ1v) is 7.08. The molecular weight excluding hydrogens is 238 g/mol. The van der Waals surface area contributed by atoms with Gasteiger partial charge in [-0.1, -0.05) is 0 Å². The molecule has 0 aliphatic rings. The van der Waals surface area contributed by atoms with E-state index in [4.69, 9.17) is 0 Å². The Hall–Kier alpha value is -0.980. The smallest absolute Gasteiger partial charge is 0.214 e. The van der Waals surface area contributed by atoms with Gasteiger partial charge in [-0.15, -0.1) is 0 Å². The van der Waals surface area contributed by atoms with Crippen molar-refractivity contribution in [1.82, 2.24) is 14.6 Å². The molecule has 6 heteroatoms. The van der Waals surface area contributed by atoms with Crippen molar-refractivity contribution in [2.45, 2.75) is 13.0 Å². The molecule has 1 N–H and O–H groups in total. The van der Waals surface area contributed by atoms with E-state index in [0.717, 1.165) is 5.56 Å². The predicted octanol–water partition coefficient (Wildman–Crippen LogP) is 0.624. The van der Waals surface area contributed by atoms with Crippen LogP contribution < -0.4 is 5.32 Å². The predicted molar refractivity (Wildman–Crippen MR) is 68.1 cm³/mol.